The molecule has 0 radical (unpaired) electrons. The lowest BCUT2D eigenvalue weighted by atomic mass is 10.2. The average Bonchev–Trinajstić information content (AvgIpc) is 3.13. The molecule has 3 rings (SSSR count). The molecule has 2 aromatic heterocycles. The van der Waals surface area contributed by atoms with Crippen LogP contribution in [0.3, 0.4) is 0 Å². The minimum absolute atomic E-state index is 0.709. The molecule has 0 bridgehead atoms. The van der Waals surface area contributed by atoms with Gasteiger partial charge in [-0.2, -0.15) is 5.10 Å². The van der Waals surface area contributed by atoms with Crippen LogP contribution in [0.15, 0.2) is 36.7 Å². The molecule has 0 atom stereocenters. The van der Waals surface area contributed by atoms with Gasteiger partial charge >= 0.3 is 0 Å². The van der Waals surface area contributed by atoms with Crippen LogP contribution in [0.1, 0.15) is 18.2 Å². The van der Waals surface area contributed by atoms with Crippen molar-refractivity contribution in [2.24, 2.45) is 0 Å². The van der Waals surface area contributed by atoms with Crippen molar-refractivity contribution in [3.05, 3.63) is 47.9 Å². The Hall–Kier alpha value is -2.63. The standard InChI is InChI=1S/C16H19N5O/c1-4-21-15(9-12(2)19-21)16-18-17-11-20(16)10-13-5-7-14(22-3)8-6-13/h5-9,11H,4,10H2,1-3H3. The van der Waals surface area contributed by atoms with Gasteiger partial charge in [-0.3, -0.25) is 4.68 Å². The molecule has 0 fully saturated rings. The Kier molecular flexibility index (Phi) is 3.91. The van der Waals surface area contributed by atoms with E-state index in [1.165, 1.54) is 5.56 Å². The average molecular weight is 297 g/mol. The zero-order valence-corrected chi connectivity index (χ0v) is 13.0. The lowest BCUT2D eigenvalue weighted by Gasteiger charge is -2.08. The first-order chi connectivity index (χ1) is 10.7. The van der Waals surface area contributed by atoms with Crippen LogP contribution in [0.4, 0.5) is 0 Å². The van der Waals surface area contributed by atoms with Crippen molar-refractivity contribution in [3.8, 4) is 17.3 Å². The van der Waals surface area contributed by atoms with Gasteiger partial charge < -0.3 is 9.30 Å². The van der Waals surface area contributed by atoms with Crippen LogP contribution < -0.4 is 4.74 Å². The van der Waals surface area contributed by atoms with Gasteiger partial charge in [-0.15, -0.1) is 10.2 Å². The fourth-order valence-corrected chi connectivity index (χ4v) is 2.46. The van der Waals surface area contributed by atoms with Crippen LogP contribution in [0, 0.1) is 6.92 Å². The highest BCUT2D eigenvalue weighted by Gasteiger charge is 2.13. The summed E-state index contributed by atoms with van der Waals surface area (Å²) >= 11 is 0. The summed E-state index contributed by atoms with van der Waals surface area (Å²) in [6, 6.07) is 10.0. The van der Waals surface area contributed by atoms with E-state index in [9.17, 15) is 0 Å². The van der Waals surface area contributed by atoms with Gasteiger partial charge in [-0.25, -0.2) is 0 Å². The molecule has 0 saturated heterocycles. The highest BCUT2D eigenvalue weighted by Crippen LogP contribution is 2.20. The molecule has 3 aromatic rings. The summed E-state index contributed by atoms with van der Waals surface area (Å²) < 4.78 is 9.17. The molecule has 0 saturated carbocycles. The highest BCUT2D eigenvalue weighted by molar-refractivity contribution is 5.50. The Balaban J connectivity index is 1.91. The van der Waals surface area contributed by atoms with Gasteiger partial charge in [-0.05, 0) is 37.6 Å². The summed E-state index contributed by atoms with van der Waals surface area (Å²) in [5.41, 5.74) is 3.14. The number of rotatable bonds is 5. The van der Waals surface area contributed by atoms with E-state index in [-0.39, 0.29) is 0 Å². The summed E-state index contributed by atoms with van der Waals surface area (Å²) in [6.07, 6.45) is 1.75. The molecule has 6 heteroatoms. The minimum Gasteiger partial charge on any atom is -0.497 e. The van der Waals surface area contributed by atoms with Gasteiger partial charge in [0.05, 0.1) is 19.3 Å². The van der Waals surface area contributed by atoms with Gasteiger partial charge in [0.15, 0.2) is 5.82 Å². The topological polar surface area (TPSA) is 57.8 Å². The molecular weight excluding hydrogens is 278 g/mol. The number of hydrogen-bond acceptors (Lipinski definition) is 4. The van der Waals surface area contributed by atoms with Crippen LogP contribution in [-0.2, 0) is 13.1 Å². The van der Waals surface area contributed by atoms with Crippen LogP contribution in [-0.4, -0.2) is 31.7 Å². The number of benzene rings is 1. The molecule has 0 unspecified atom stereocenters. The number of ether oxygens (including phenoxy) is 1. The van der Waals surface area contributed by atoms with Gasteiger partial charge in [0, 0.05) is 6.54 Å². The first-order valence-electron chi connectivity index (χ1n) is 7.27. The van der Waals surface area contributed by atoms with Crippen molar-refractivity contribution in [3.63, 3.8) is 0 Å². The molecule has 6 nitrogen and oxygen atoms in total. The molecule has 0 aliphatic rings. The van der Waals surface area contributed by atoms with E-state index >= 15 is 0 Å². The zero-order valence-electron chi connectivity index (χ0n) is 13.0. The third-order valence-corrected chi connectivity index (χ3v) is 3.56. The molecule has 22 heavy (non-hydrogen) atoms. The third-order valence-electron chi connectivity index (χ3n) is 3.56. The summed E-state index contributed by atoms with van der Waals surface area (Å²) in [5.74, 6) is 1.69. The van der Waals surface area contributed by atoms with Crippen molar-refractivity contribution in [2.75, 3.05) is 7.11 Å². The van der Waals surface area contributed by atoms with E-state index in [4.69, 9.17) is 4.74 Å². The van der Waals surface area contributed by atoms with E-state index in [2.05, 4.69) is 22.2 Å². The number of aromatic nitrogens is 5. The maximum absolute atomic E-state index is 5.19. The Bertz CT molecular complexity index is 757. The van der Waals surface area contributed by atoms with E-state index in [0.717, 1.165) is 29.5 Å². The second-order valence-corrected chi connectivity index (χ2v) is 5.12. The Morgan fingerprint density at radius 2 is 1.95 bits per heavy atom. The van der Waals surface area contributed by atoms with Crippen molar-refractivity contribution < 1.29 is 4.74 Å². The number of nitrogens with zero attached hydrogens (tertiary/aromatic N) is 5. The predicted octanol–water partition coefficient (Wildman–Crippen LogP) is 2.53. The van der Waals surface area contributed by atoms with Crippen LogP contribution in [0.2, 0.25) is 0 Å². The zero-order chi connectivity index (χ0) is 15.5. The quantitative estimate of drug-likeness (QED) is 0.726. The Morgan fingerprint density at radius 3 is 2.64 bits per heavy atom. The first kappa shape index (κ1) is 14.3. The fraction of sp³-hybridized carbons (Fsp3) is 0.312. The second-order valence-electron chi connectivity index (χ2n) is 5.12. The van der Waals surface area contributed by atoms with Crippen LogP contribution in [0.25, 0.3) is 11.5 Å². The van der Waals surface area contributed by atoms with E-state index < -0.39 is 0 Å². The summed E-state index contributed by atoms with van der Waals surface area (Å²) in [5, 5.41) is 12.8. The molecule has 114 valence electrons. The maximum atomic E-state index is 5.19. The van der Waals surface area contributed by atoms with Crippen molar-refractivity contribution >= 4 is 0 Å². The van der Waals surface area contributed by atoms with Crippen LogP contribution >= 0.6 is 0 Å². The van der Waals surface area contributed by atoms with Gasteiger partial charge in [0.1, 0.15) is 17.8 Å². The van der Waals surface area contributed by atoms with Crippen molar-refractivity contribution in [2.45, 2.75) is 26.9 Å². The Morgan fingerprint density at radius 1 is 1.18 bits per heavy atom. The molecule has 0 aliphatic carbocycles. The predicted molar refractivity (Wildman–Crippen MR) is 83.8 cm³/mol. The fourth-order valence-electron chi connectivity index (χ4n) is 2.46. The number of hydrogen-bond donors (Lipinski definition) is 0. The van der Waals surface area contributed by atoms with E-state index in [0.29, 0.717) is 6.54 Å². The molecule has 0 spiro atoms. The normalized spacial score (nSPS) is 10.9. The van der Waals surface area contributed by atoms with Crippen molar-refractivity contribution in [1.82, 2.24) is 24.5 Å². The first-order valence-corrected chi connectivity index (χ1v) is 7.27. The molecule has 0 amide bonds. The molecule has 1 aromatic carbocycles. The van der Waals surface area contributed by atoms with E-state index in [1.807, 2.05) is 46.5 Å². The van der Waals surface area contributed by atoms with Gasteiger partial charge in [0.2, 0.25) is 0 Å². The Labute approximate surface area is 129 Å². The van der Waals surface area contributed by atoms with E-state index in [1.54, 1.807) is 13.4 Å². The summed E-state index contributed by atoms with van der Waals surface area (Å²) in [6.45, 7) is 5.57. The van der Waals surface area contributed by atoms with Crippen molar-refractivity contribution in [1.29, 1.82) is 0 Å². The highest BCUT2D eigenvalue weighted by atomic mass is 16.5. The lowest BCUT2D eigenvalue weighted by Crippen LogP contribution is -2.06. The molecule has 0 N–H and O–H groups in total. The second kappa shape index (κ2) is 6.01. The summed E-state index contributed by atoms with van der Waals surface area (Å²) in [7, 11) is 1.67. The number of aryl methyl sites for hydroxylation is 2. The largest absolute Gasteiger partial charge is 0.497 e. The van der Waals surface area contributed by atoms with Gasteiger partial charge in [-0.1, -0.05) is 12.1 Å². The lowest BCUT2D eigenvalue weighted by molar-refractivity contribution is 0.414. The van der Waals surface area contributed by atoms with Gasteiger partial charge in [0.25, 0.3) is 0 Å². The SMILES string of the molecule is CCn1nc(C)cc1-c1nncn1Cc1ccc(OC)cc1. The maximum Gasteiger partial charge on any atom is 0.182 e. The number of methoxy groups -OCH3 is 1. The minimum atomic E-state index is 0.709. The third kappa shape index (κ3) is 2.72. The smallest absolute Gasteiger partial charge is 0.182 e. The van der Waals surface area contributed by atoms with Crippen LogP contribution in [0.5, 0.6) is 5.75 Å². The molecule has 0 aliphatic heterocycles. The molecular formula is C16H19N5O. The molecule has 2 heterocycles. The monoisotopic (exact) mass is 297 g/mol. The summed E-state index contributed by atoms with van der Waals surface area (Å²) in [4.78, 5) is 0.